The molecule has 1 saturated heterocycles. The normalized spacial score (nSPS) is 19.5. The summed E-state index contributed by atoms with van der Waals surface area (Å²) in [4.78, 5) is 14.3. The molecule has 0 bridgehead atoms. The second-order valence-corrected chi connectivity index (χ2v) is 6.40. The van der Waals surface area contributed by atoms with Gasteiger partial charge in [0.05, 0.1) is 5.60 Å². The van der Waals surface area contributed by atoms with Crippen molar-refractivity contribution in [2.45, 2.75) is 31.5 Å². The van der Waals surface area contributed by atoms with Gasteiger partial charge in [0.15, 0.2) is 6.10 Å². The smallest absolute Gasteiger partial charge is 0.260 e. The number of piperidine rings is 1. The number of carbonyl (C=O) groups is 1. The van der Waals surface area contributed by atoms with E-state index >= 15 is 0 Å². The summed E-state index contributed by atoms with van der Waals surface area (Å²) in [6.07, 6.45) is 0.675. The van der Waals surface area contributed by atoms with Gasteiger partial charge in [0.25, 0.3) is 5.91 Å². The standard InChI is InChI=1S/C16H23ClN2O3/c1-12(22-14-5-3-4-13(17)10-14)15(20)18-11-16(21)6-8-19(2)9-7-16/h3-5,10,12,21H,6-9,11H2,1-2H3,(H,18,20)/t12-/m1/s1. The van der Waals surface area contributed by atoms with Crippen LogP contribution < -0.4 is 10.1 Å². The van der Waals surface area contributed by atoms with Gasteiger partial charge >= 0.3 is 0 Å². The van der Waals surface area contributed by atoms with Crippen molar-refractivity contribution >= 4 is 17.5 Å². The van der Waals surface area contributed by atoms with Crippen LogP contribution in [0.4, 0.5) is 0 Å². The monoisotopic (exact) mass is 326 g/mol. The molecule has 6 heteroatoms. The molecule has 1 heterocycles. The number of nitrogens with one attached hydrogen (secondary N) is 1. The van der Waals surface area contributed by atoms with Crippen molar-refractivity contribution in [3.05, 3.63) is 29.3 Å². The SMILES string of the molecule is C[C@@H](Oc1cccc(Cl)c1)C(=O)NCC1(O)CCN(C)CC1. The van der Waals surface area contributed by atoms with Crippen molar-refractivity contribution in [3.8, 4) is 5.75 Å². The quantitative estimate of drug-likeness (QED) is 0.864. The number of hydrogen-bond donors (Lipinski definition) is 2. The first-order valence-electron chi connectivity index (χ1n) is 7.49. The predicted octanol–water partition coefficient (Wildman–Crippen LogP) is 1.68. The van der Waals surface area contributed by atoms with E-state index in [0.717, 1.165) is 13.1 Å². The first-order valence-corrected chi connectivity index (χ1v) is 7.87. The van der Waals surface area contributed by atoms with Crippen LogP contribution in [0.1, 0.15) is 19.8 Å². The number of halogens is 1. The molecule has 0 aromatic heterocycles. The molecule has 0 aliphatic carbocycles. The summed E-state index contributed by atoms with van der Waals surface area (Å²) in [6, 6.07) is 6.92. The number of nitrogens with zero attached hydrogens (tertiary/aromatic N) is 1. The Bertz CT molecular complexity index is 516. The Hall–Kier alpha value is -1.30. The van der Waals surface area contributed by atoms with Crippen LogP contribution in [0.5, 0.6) is 5.75 Å². The molecule has 1 aromatic carbocycles. The minimum Gasteiger partial charge on any atom is -0.481 e. The zero-order valence-corrected chi connectivity index (χ0v) is 13.8. The van der Waals surface area contributed by atoms with Crippen molar-refractivity contribution in [1.29, 1.82) is 0 Å². The lowest BCUT2D eigenvalue weighted by Crippen LogP contribution is -2.51. The highest BCUT2D eigenvalue weighted by Crippen LogP contribution is 2.21. The van der Waals surface area contributed by atoms with Crippen molar-refractivity contribution in [2.75, 3.05) is 26.7 Å². The Labute approximate surface area is 136 Å². The van der Waals surface area contributed by atoms with Gasteiger partial charge in [-0.05, 0) is 45.0 Å². The zero-order valence-electron chi connectivity index (χ0n) is 13.0. The second-order valence-electron chi connectivity index (χ2n) is 5.96. The number of rotatable bonds is 5. The maximum absolute atomic E-state index is 12.1. The van der Waals surface area contributed by atoms with Crippen LogP contribution in [-0.4, -0.2) is 54.3 Å². The van der Waals surface area contributed by atoms with Crippen molar-refractivity contribution < 1.29 is 14.6 Å². The number of aliphatic hydroxyl groups is 1. The Balaban J connectivity index is 1.81. The summed E-state index contributed by atoms with van der Waals surface area (Å²) in [5.74, 6) is 0.306. The molecule has 1 fully saturated rings. The predicted molar refractivity (Wildman–Crippen MR) is 86.2 cm³/mol. The van der Waals surface area contributed by atoms with E-state index in [1.165, 1.54) is 0 Å². The van der Waals surface area contributed by atoms with Gasteiger partial charge in [0.2, 0.25) is 0 Å². The third-order valence-electron chi connectivity index (χ3n) is 3.99. The fourth-order valence-corrected chi connectivity index (χ4v) is 2.59. The van der Waals surface area contributed by atoms with Crippen molar-refractivity contribution in [1.82, 2.24) is 10.2 Å². The molecule has 0 saturated carbocycles. The third-order valence-corrected chi connectivity index (χ3v) is 4.22. The van der Waals surface area contributed by atoms with Gasteiger partial charge in [-0.25, -0.2) is 0 Å². The van der Waals surface area contributed by atoms with Crippen LogP contribution >= 0.6 is 11.6 Å². The van der Waals surface area contributed by atoms with E-state index < -0.39 is 11.7 Å². The van der Waals surface area contributed by atoms with E-state index in [4.69, 9.17) is 16.3 Å². The molecule has 2 rings (SSSR count). The molecule has 22 heavy (non-hydrogen) atoms. The van der Waals surface area contributed by atoms with Crippen LogP contribution in [0, 0.1) is 0 Å². The summed E-state index contributed by atoms with van der Waals surface area (Å²) in [6.45, 7) is 3.60. The van der Waals surface area contributed by atoms with E-state index in [-0.39, 0.29) is 12.5 Å². The summed E-state index contributed by atoms with van der Waals surface area (Å²) < 4.78 is 5.56. The van der Waals surface area contributed by atoms with Gasteiger partial charge < -0.3 is 20.1 Å². The van der Waals surface area contributed by atoms with E-state index in [1.54, 1.807) is 31.2 Å². The third kappa shape index (κ3) is 4.87. The topological polar surface area (TPSA) is 61.8 Å². The van der Waals surface area contributed by atoms with Crippen LogP contribution in [-0.2, 0) is 4.79 Å². The van der Waals surface area contributed by atoms with E-state index in [0.29, 0.717) is 23.6 Å². The van der Waals surface area contributed by atoms with Gasteiger partial charge in [-0.2, -0.15) is 0 Å². The highest BCUT2D eigenvalue weighted by atomic mass is 35.5. The first-order chi connectivity index (χ1) is 10.4. The number of amides is 1. The number of hydrogen-bond acceptors (Lipinski definition) is 4. The van der Waals surface area contributed by atoms with Crippen molar-refractivity contribution in [2.24, 2.45) is 0 Å². The van der Waals surface area contributed by atoms with Crippen LogP contribution in [0.25, 0.3) is 0 Å². The molecule has 0 radical (unpaired) electrons. The molecule has 0 unspecified atom stereocenters. The van der Waals surface area contributed by atoms with Gasteiger partial charge in [0.1, 0.15) is 5.75 Å². The van der Waals surface area contributed by atoms with Gasteiger partial charge in [0, 0.05) is 24.7 Å². The minimum atomic E-state index is -0.821. The Morgan fingerprint density at radius 3 is 2.82 bits per heavy atom. The molecular formula is C16H23ClN2O3. The molecule has 1 atom stereocenters. The van der Waals surface area contributed by atoms with Crippen LogP contribution in [0.15, 0.2) is 24.3 Å². The van der Waals surface area contributed by atoms with Crippen LogP contribution in [0.2, 0.25) is 5.02 Å². The number of benzene rings is 1. The van der Waals surface area contributed by atoms with Crippen LogP contribution in [0.3, 0.4) is 0 Å². The Morgan fingerprint density at radius 2 is 2.18 bits per heavy atom. The number of carbonyl (C=O) groups excluding carboxylic acids is 1. The lowest BCUT2D eigenvalue weighted by atomic mass is 9.91. The molecule has 1 aromatic rings. The van der Waals surface area contributed by atoms with E-state index in [2.05, 4.69) is 10.2 Å². The summed E-state index contributed by atoms with van der Waals surface area (Å²) >= 11 is 5.88. The molecular weight excluding hydrogens is 304 g/mol. The maximum Gasteiger partial charge on any atom is 0.260 e. The largest absolute Gasteiger partial charge is 0.481 e. The fraction of sp³-hybridized carbons (Fsp3) is 0.562. The molecule has 2 N–H and O–H groups in total. The molecule has 0 spiro atoms. The molecule has 122 valence electrons. The summed E-state index contributed by atoms with van der Waals surface area (Å²) in [7, 11) is 2.03. The average Bonchev–Trinajstić information content (AvgIpc) is 2.48. The lowest BCUT2D eigenvalue weighted by molar-refractivity contribution is -0.129. The zero-order chi connectivity index (χ0) is 16.2. The minimum absolute atomic E-state index is 0.243. The first kappa shape index (κ1) is 17.1. The van der Waals surface area contributed by atoms with E-state index in [9.17, 15) is 9.90 Å². The second kappa shape index (κ2) is 7.31. The van der Waals surface area contributed by atoms with Gasteiger partial charge in [-0.1, -0.05) is 17.7 Å². The van der Waals surface area contributed by atoms with Gasteiger partial charge in [-0.15, -0.1) is 0 Å². The summed E-state index contributed by atoms with van der Waals surface area (Å²) in [5, 5.41) is 13.8. The highest BCUT2D eigenvalue weighted by Gasteiger charge is 2.32. The molecule has 5 nitrogen and oxygen atoms in total. The van der Waals surface area contributed by atoms with Crippen molar-refractivity contribution in [3.63, 3.8) is 0 Å². The number of likely N-dealkylation sites (tertiary alicyclic amines) is 1. The maximum atomic E-state index is 12.1. The molecule has 1 amide bonds. The van der Waals surface area contributed by atoms with Gasteiger partial charge in [-0.3, -0.25) is 4.79 Å². The van der Waals surface area contributed by atoms with E-state index in [1.807, 2.05) is 7.05 Å². The highest BCUT2D eigenvalue weighted by molar-refractivity contribution is 6.30. The molecule has 1 aliphatic rings. The Morgan fingerprint density at radius 1 is 1.50 bits per heavy atom. The Kier molecular flexibility index (Phi) is 5.67. The summed E-state index contributed by atoms with van der Waals surface area (Å²) in [5.41, 5.74) is -0.821. The lowest BCUT2D eigenvalue weighted by Gasteiger charge is -2.36. The average molecular weight is 327 g/mol. The fourth-order valence-electron chi connectivity index (χ4n) is 2.40. The number of ether oxygens (including phenoxy) is 1. The molecule has 1 aliphatic heterocycles.